The van der Waals surface area contributed by atoms with Crippen molar-refractivity contribution in [1.82, 2.24) is 4.98 Å². The fourth-order valence-electron chi connectivity index (χ4n) is 2.28. The van der Waals surface area contributed by atoms with Crippen molar-refractivity contribution >= 4 is 16.6 Å². The molecule has 1 aromatic carbocycles. The molecule has 4 nitrogen and oxygen atoms in total. The van der Waals surface area contributed by atoms with Gasteiger partial charge in [-0.05, 0) is 43.0 Å². The van der Waals surface area contributed by atoms with Crippen molar-refractivity contribution in [3.8, 4) is 5.75 Å². The van der Waals surface area contributed by atoms with Gasteiger partial charge in [0, 0.05) is 11.1 Å². The summed E-state index contributed by atoms with van der Waals surface area (Å²) in [5, 5.41) is 0.992. The quantitative estimate of drug-likeness (QED) is 0.654. The number of nitrogens with one attached hydrogen (secondary N) is 1. The average molecular weight is 259 g/mol. The number of hydrogen-bond acceptors (Lipinski definition) is 4. The number of anilines is 1. The summed E-state index contributed by atoms with van der Waals surface area (Å²) in [5.41, 5.74) is 6.79. The van der Waals surface area contributed by atoms with Crippen molar-refractivity contribution in [2.45, 2.75) is 27.2 Å². The number of fused-ring (bicyclic) bond motifs is 1. The summed E-state index contributed by atoms with van der Waals surface area (Å²) in [6, 6.07) is 5.97. The lowest BCUT2D eigenvalue weighted by Gasteiger charge is -2.13. The minimum absolute atomic E-state index is 0.564. The summed E-state index contributed by atoms with van der Waals surface area (Å²) in [6.45, 7) is 6.40. The fraction of sp³-hybridized carbons (Fsp3) is 0.400. The molecule has 0 radical (unpaired) electrons. The third kappa shape index (κ3) is 2.79. The van der Waals surface area contributed by atoms with Crippen LogP contribution < -0.4 is 16.0 Å². The molecule has 0 atom stereocenters. The number of benzene rings is 1. The Morgan fingerprint density at radius 2 is 2.05 bits per heavy atom. The van der Waals surface area contributed by atoms with E-state index in [0.717, 1.165) is 40.0 Å². The molecule has 0 bridgehead atoms. The lowest BCUT2D eigenvalue weighted by Crippen LogP contribution is -2.09. The van der Waals surface area contributed by atoms with E-state index in [9.17, 15) is 0 Å². The number of hydrazine groups is 1. The van der Waals surface area contributed by atoms with E-state index < -0.39 is 0 Å². The van der Waals surface area contributed by atoms with Gasteiger partial charge >= 0.3 is 0 Å². The van der Waals surface area contributed by atoms with Gasteiger partial charge in [-0.2, -0.15) is 0 Å². The van der Waals surface area contributed by atoms with Gasteiger partial charge in [-0.1, -0.05) is 13.8 Å². The highest BCUT2D eigenvalue weighted by molar-refractivity contribution is 5.94. The molecule has 0 spiro atoms. The van der Waals surface area contributed by atoms with E-state index in [0.29, 0.717) is 5.92 Å². The molecular weight excluding hydrogens is 238 g/mol. The SMILES string of the molecule is COc1cc(C)c2nc(CC(C)C)cc(NN)c2c1. The molecule has 102 valence electrons. The molecule has 0 saturated carbocycles. The first kappa shape index (κ1) is 13.6. The lowest BCUT2D eigenvalue weighted by atomic mass is 10.0. The molecular formula is C15H21N3O. The summed E-state index contributed by atoms with van der Waals surface area (Å²) in [4.78, 5) is 4.75. The topological polar surface area (TPSA) is 60.2 Å². The molecule has 4 heteroatoms. The number of aromatic nitrogens is 1. The van der Waals surface area contributed by atoms with Crippen molar-refractivity contribution < 1.29 is 4.74 Å². The highest BCUT2D eigenvalue weighted by atomic mass is 16.5. The average Bonchev–Trinajstić information content (AvgIpc) is 2.37. The number of rotatable bonds is 4. The maximum Gasteiger partial charge on any atom is 0.119 e. The first-order valence-corrected chi connectivity index (χ1v) is 6.50. The van der Waals surface area contributed by atoms with E-state index in [-0.39, 0.29) is 0 Å². The Morgan fingerprint density at radius 1 is 1.32 bits per heavy atom. The number of methoxy groups -OCH3 is 1. The molecule has 3 N–H and O–H groups in total. The van der Waals surface area contributed by atoms with Crippen LogP contribution >= 0.6 is 0 Å². The Labute approximate surface area is 113 Å². The molecule has 0 unspecified atom stereocenters. The summed E-state index contributed by atoms with van der Waals surface area (Å²) >= 11 is 0. The van der Waals surface area contributed by atoms with Crippen LogP contribution in [0, 0.1) is 12.8 Å². The number of nitrogen functional groups attached to an aromatic ring is 1. The Kier molecular flexibility index (Phi) is 3.90. The molecule has 2 rings (SSSR count). The van der Waals surface area contributed by atoms with Gasteiger partial charge in [0.15, 0.2) is 0 Å². The third-order valence-corrected chi connectivity index (χ3v) is 3.14. The largest absolute Gasteiger partial charge is 0.497 e. The molecule has 1 aromatic heterocycles. The van der Waals surface area contributed by atoms with Gasteiger partial charge in [0.1, 0.15) is 5.75 Å². The standard InChI is InChI=1S/C15H21N3O/c1-9(2)5-11-7-14(18-16)13-8-12(19-4)6-10(3)15(13)17-11/h6-9H,5,16H2,1-4H3,(H,17,18). The number of aryl methyl sites for hydroxylation is 1. The zero-order valence-corrected chi connectivity index (χ0v) is 11.9. The van der Waals surface area contributed by atoms with E-state index in [1.807, 2.05) is 25.1 Å². The minimum atomic E-state index is 0.564. The number of ether oxygens (including phenoxy) is 1. The van der Waals surface area contributed by atoms with Crippen LogP contribution in [-0.2, 0) is 6.42 Å². The van der Waals surface area contributed by atoms with Crippen LogP contribution in [0.2, 0.25) is 0 Å². The smallest absolute Gasteiger partial charge is 0.119 e. The predicted octanol–water partition coefficient (Wildman–Crippen LogP) is 3.04. The van der Waals surface area contributed by atoms with Gasteiger partial charge in [0.05, 0.1) is 18.3 Å². The van der Waals surface area contributed by atoms with Crippen LogP contribution in [0.1, 0.15) is 25.1 Å². The van der Waals surface area contributed by atoms with Crippen LogP contribution in [0.3, 0.4) is 0 Å². The molecule has 0 fully saturated rings. The van der Waals surface area contributed by atoms with Gasteiger partial charge in [-0.3, -0.25) is 10.8 Å². The Bertz CT molecular complexity index is 593. The summed E-state index contributed by atoms with van der Waals surface area (Å²) in [5.74, 6) is 7.02. The summed E-state index contributed by atoms with van der Waals surface area (Å²) in [6.07, 6.45) is 0.941. The zero-order chi connectivity index (χ0) is 14.0. The van der Waals surface area contributed by atoms with Crippen LogP contribution in [0.15, 0.2) is 18.2 Å². The predicted molar refractivity (Wildman–Crippen MR) is 79.4 cm³/mol. The molecule has 1 heterocycles. The van der Waals surface area contributed by atoms with Gasteiger partial charge < -0.3 is 10.2 Å². The third-order valence-electron chi connectivity index (χ3n) is 3.14. The highest BCUT2D eigenvalue weighted by Crippen LogP contribution is 2.30. The van der Waals surface area contributed by atoms with E-state index in [4.69, 9.17) is 15.6 Å². The normalized spacial score (nSPS) is 11.1. The lowest BCUT2D eigenvalue weighted by molar-refractivity contribution is 0.415. The monoisotopic (exact) mass is 259 g/mol. The van der Waals surface area contributed by atoms with Crippen molar-refractivity contribution in [3.05, 3.63) is 29.5 Å². The number of nitrogens with two attached hydrogens (primary N) is 1. The minimum Gasteiger partial charge on any atom is -0.497 e. The fourth-order valence-corrected chi connectivity index (χ4v) is 2.28. The second-order valence-corrected chi connectivity index (χ2v) is 5.24. The van der Waals surface area contributed by atoms with E-state index in [1.165, 1.54) is 0 Å². The maximum absolute atomic E-state index is 5.64. The van der Waals surface area contributed by atoms with Gasteiger partial charge in [0.25, 0.3) is 0 Å². The van der Waals surface area contributed by atoms with Gasteiger partial charge in [-0.25, -0.2) is 0 Å². The second-order valence-electron chi connectivity index (χ2n) is 5.24. The molecule has 0 aliphatic heterocycles. The van der Waals surface area contributed by atoms with Crippen LogP contribution in [0.25, 0.3) is 10.9 Å². The van der Waals surface area contributed by atoms with Crippen LogP contribution in [0.4, 0.5) is 5.69 Å². The Morgan fingerprint density at radius 3 is 2.63 bits per heavy atom. The maximum atomic E-state index is 5.64. The first-order chi connectivity index (χ1) is 9.05. The van der Waals surface area contributed by atoms with Crippen molar-refractivity contribution in [1.29, 1.82) is 0 Å². The van der Waals surface area contributed by atoms with Crippen LogP contribution in [-0.4, -0.2) is 12.1 Å². The van der Waals surface area contributed by atoms with E-state index in [1.54, 1.807) is 7.11 Å². The Balaban J connectivity index is 2.66. The second kappa shape index (κ2) is 5.45. The molecule has 0 amide bonds. The highest BCUT2D eigenvalue weighted by Gasteiger charge is 2.10. The molecule has 0 saturated heterocycles. The molecule has 2 aromatic rings. The van der Waals surface area contributed by atoms with Crippen LogP contribution in [0.5, 0.6) is 5.75 Å². The van der Waals surface area contributed by atoms with E-state index in [2.05, 4.69) is 19.3 Å². The summed E-state index contributed by atoms with van der Waals surface area (Å²) < 4.78 is 5.30. The molecule has 19 heavy (non-hydrogen) atoms. The van der Waals surface area contributed by atoms with Crippen molar-refractivity contribution in [2.24, 2.45) is 11.8 Å². The number of nitrogens with zero attached hydrogens (tertiary/aromatic N) is 1. The van der Waals surface area contributed by atoms with Crippen molar-refractivity contribution in [2.75, 3.05) is 12.5 Å². The van der Waals surface area contributed by atoms with Gasteiger partial charge in [-0.15, -0.1) is 0 Å². The van der Waals surface area contributed by atoms with Crippen molar-refractivity contribution in [3.63, 3.8) is 0 Å². The number of pyridine rings is 1. The molecule has 0 aliphatic rings. The van der Waals surface area contributed by atoms with Gasteiger partial charge in [0.2, 0.25) is 0 Å². The number of hydrogen-bond donors (Lipinski definition) is 2. The summed E-state index contributed by atoms with van der Waals surface area (Å²) in [7, 11) is 1.66. The zero-order valence-electron chi connectivity index (χ0n) is 11.9. The van der Waals surface area contributed by atoms with E-state index >= 15 is 0 Å². The first-order valence-electron chi connectivity index (χ1n) is 6.50. The molecule has 0 aliphatic carbocycles. The Hall–Kier alpha value is -1.81.